The summed E-state index contributed by atoms with van der Waals surface area (Å²) in [5.41, 5.74) is 3.61. The Kier molecular flexibility index (Phi) is 5.57. The number of carbonyl (C=O) groups excluding carboxylic acids is 2. The van der Waals surface area contributed by atoms with E-state index in [1.165, 1.54) is 0 Å². The van der Waals surface area contributed by atoms with Gasteiger partial charge in [-0.25, -0.2) is 0 Å². The van der Waals surface area contributed by atoms with Gasteiger partial charge in [-0.2, -0.15) is 0 Å². The van der Waals surface area contributed by atoms with Gasteiger partial charge in [0.15, 0.2) is 5.78 Å². The van der Waals surface area contributed by atoms with Crippen molar-refractivity contribution in [1.29, 1.82) is 0 Å². The Morgan fingerprint density at radius 3 is 2.83 bits per heavy atom. The van der Waals surface area contributed by atoms with Crippen molar-refractivity contribution in [2.75, 3.05) is 13.7 Å². The summed E-state index contributed by atoms with van der Waals surface area (Å²) in [6.45, 7) is 0.462. The number of hydrogen-bond donors (Lipinski definition) is 3. The summed E-state index contributed by atoms with van der Waals surface area (Å²) < 4.78 is 5.29. The molecule has 0 radical (unpaired) electrons. The molecule has 0 saturated heterocycles. The Bertz CT molecular complexity index is 1110. The van der Waals surface area contributed by atoms with E-state index >= 15 is 0 Å². The number of phenols is 1. The first-order valence-electron chi connectivity index (χ1n) is 10.0. The van der Waals surface area contributed by atoms with Crippen molar-refractivity contribution in [1.82, 2.24) is 10.3 Å². The molecule has 2 aromatic carbocycles. The molecule has 1 saturated carbocycles. The molecule has 0 aliphatic heterocycles. The lowest BCUT2D eigenvalue weighted by molar-refractivity contribution is -0.131. The van der Waals surface area contributed by atoms with E-state index in [2.05, 4.69) is 10.3 Å². The minimum Gasteiger partial charge on any atom is -0.508 e. The number of phenolic OH excluding ortho intramolecular Hbond substituents is 1. The van der Waals surface area contributed by atoms with Crippen LogP contribution in [0.1, 0.15) is 24.0 Å². The van der Waals surface area contributed by atoms with Crippen LogP contribution in [0.25, 0.3) is 17.0 Å². The number of aromatic hydroxyl groups is 1. The zero-order valence-corrected chi connectivity index (χ0v) is 16.8. The second-order valence-corrected chi connectivity index (χ2v) is 7.48. The molecule has 3 N–H and O–H groups in total. The molecule has 1 heterocycles. The van der Waals surface area contributed by atoms with Gasteiger partial charge in [0.1, 0.15) is 17.4 Å². The van der Waals surface area contributed by atoms with Crippen LogP contribution in [0.4, 0.5) is 0 Å². The average molecular weight is 404 g/mol. The quantitative estimate of drug-likeness (QED) is 0.432. The van der Waals surface area contributed by atoms with Gasteiger partial charge in [0.05, 0.1) is 7.11 Å². The fraction of sp³-hybridized carbons (Fsp3) is 0.250. The highest BCUT2D eigenvalue weighted by molar-refractivity contribution is 6.13. The molecule has 3 aromatic rings. The van der Waals surface area contributed by atoms with E-state index in [0.29, 0.717) is 31.4 Å². The first-order valence-corrected chi connectivity index (χ1v) is 10.0. The summed E-state index contributed by atoms with van der Waals surface area (Å²) in [6.07, 6.45) is 5.51. The second kappa shape index (κ2) is 8.45. The molecule has 1 unspecified atom stereocenters. The predicted molar refractivity (Wildman–Crippen MR) is 115 cm³/mol. The third kappa shape index (κ3) is 4.08. The number of nitrogens with one attached hydrogen (secondary N) is 2. The molecule has 1 fully saturated rings. The number of benzene rings is 2. The Morgan fingerprint density at radius 2 is 2.07 bits per heavy atom. The minimum absolute atomic E-state index is 0.114. The van der Waals surface area contributed by atoms with Gasteiger partial charge in [-0.3, -0.25) is 9.59 Å². The monoisotopic (exact) mass is 404 g/mol. The van der Waals surface area contributed by atoms with Crippen molar-refractivity contribution in [2.24, 2.45) is 5.92 Å². The predicted octanol–water partition coefficient (Wildman–Crippen LogP) is 3.60. The number of hydrogen-bond acceptors (Lipinski definition) is 4. The number of amides is 1. The molecule has 6 nitrogen and oxygen atoms in total. The Hall–Kier alpha value is -3.54. The van der Waals surface area contributed by atoms with Gasteiger partial charge in [-0.1, -0.05) is 12.1 Å². The topological polar surface area (TPSA) is 91.4 Å². The first-order chi connectivity index (χ1) is 14.5. The lowest BCUT2D eigenvalue weighted by Gasteiger charge is -2.09. The van der Waals surface area contributed by atoms with Crippen LogP contribution in [0.15, 0.2) is 54.2 Å². The van der Waals surface area contributed by atoms with Crippen molar-refractivity contribution in [3.8, 4) is 11.5 Å². The van der Waals surface area contributed by atoms with Crippen LogP contribution in [-0.2, 0) is 16.0 Å². The highest BCUT2D eigenvalue weighted by Crippen LogP contribution is 2.29. The van der Waals surface area contributed by atoms with Crippen molar-refractivity contribution in [3.63, 3.8) is 0 Å². The third-order valence-corrected chi connectivity index (χ3v) is 5.55. The third-order valence-electron chi connectivity index (χ3n) is 5.55. The summed E-state index contributed by atoms with van der Waals surface area (Å²) >= 11 is 0. The van der Waals surface area contributed by atoms with Gasteiger partial charge in [0.25, 0.3) is 0 Å². The number of aromatic nitrogens is 1. The number of methoxy groups -OCH3 is 1. The Morgan fingerprint density at radius 1 is 1.27 bits per heavy atom. The number of fused-ring (bicyclic) bond motifs is 1. The molecule has 4 rings (SSSR count). The van der Waals surface area contributed by atoms with E-state index in [-0.39, 0.29) is 17.4 Å². The molecule has 0 spiro atoms. The molecular formula is C24H24N2O4. The molecular weight excluding hydrogens is 380 g/mol. The highest BCUT2D eigenvalue weighted by atomic mass is 16.5. The maximum absolute atomic E-state index is 12.7. The first kappa shape index (κ1) is 19.8. The van der Waals surface area contributed by atoms with E-state index in [0.717, 1.165) is 27.8 Å². The lowest BCUT2D eigenvalue weighted by atomic mass is 10.0. The van der Waals surface area contributed by atoms with Crippen LogP contribution >= 0.6 is 0 Å². The standard InChI is InChI=1S/C24H24N2O4/c1-30-19-7-9-22-21(13-19)17(14-26-22)10-11-25-24(29)20-8-4-16(23(20)28)12-15-2-5-18(27)6-3-15/h2-3,5-7,9,12-14,20,26-27H,4,8,10-11H2,1H3,(H,25,29)/b16-12+. The molecule has 1 aliphatic carbocycles. The summed E-state index contributed by atoms with van der Waals surface area (Å²) in [5.74, 6) is 0.0121. The molecule has 1 amide bonds. The molecule has 0 bridgehead atoms. The van der Waals surface area contributed by atoms with Crippen molar-refractivity contribution < 1.29 is 19.4 Å². The molecule has 1 aliphatic rings. The highest BCUT2D eigenvalue weighted by Gasteiger charge is 2.34. The molecule has 154 valence electrons. The number of H-pyrrole nitrogens is 1. The Balaban J connectivity index is 1.36. The van der Waals surface area contributed by atoms with Crippen molar-refractivity contribution in [2.45, 2.75) is 19.3 Å². The fourth-order valence-electron chi connectivity index (χ4n) is 3.88. The maximum Gasteiger partial charge on any atom is 0.230 e. The summed E-state index contributed by atoms with van der Waals surface area (Å²) in [6, 6.07) is 12.5. The van der Waals surface area contributed by atoms with Gasteiger partial charge < -0.3 is 20.1 Å². The number of ether oxygens (including phenoxy) is 1. The van der Waals surface area contributed by atoms with Crippen LogP contribution < -0.4 is 10.1 Å². The normalized spacial score (nSPS) is 17.6. The second-order valence-electron chi connectivity index (χ2n) is 7.48. The van der Waals surface area contributed by atoms with Crippen molar-refractivity contribution >= 4 is 28.7 Å². The van der Waals surface area contributed by atoms with Crippen LogP contribution in [0, 0.1) is 5.92 Å². The largest absolute Gasteiger partial charge is 0.508 e. The van der Waals surface area contributed by atoms with Gasteiger partial charge in [-0.15, -0.1) is 0 Å². The van der Waals surface area contributed by atoms with E-state index in [1.807, 2.05) is 24.4 Å². The number of aromatic amines is 1. The molecule has 30 heavy (non-hydrogen) atoms. The van der Waals surface area contributed by atoms with Crippen molar-refractivity contribution in [3.05, 3.63) is 65.4 Å². The zero-order chi connectivity index (χ0) is 21.1. The van der Waals surface area contributed by atoms with E-state index in [9.17, 15) is 14.7 Å². The molecule has 6 heteroatoms. The SMILES string of the molecule is COc1ccc2[nH]cc(CCNC(=O)C3CC/C(=C\c4ccc(O)cc4)C3=O)c2c1. The van der Waals surface area contributed by atoms with Gasteiger partial charge >= 0.3 is 0 Å². The van der Waals surface area contributed by atoms with Crippen LogP contribution in [0.3, 0.4) is 0 Å². The van der Waals surface area contributed by atoms with Gasteiger partial charge in [-0.05, 0) is 72.4 Å². The lowest BCUT2D eigenvalue weighted by Crippen LogP contribution is -2.34. The number of allylic oxidation sites excluding steroid dienone is 1. The van der Waals surface area contributed by atoms with E-state index in [4.69, 9.17) is 4.74 Å². The van der Waals surface area contributed by atoms with E-state index < -0.39 is 5.92 Å². The summed E-state index contributed by atoms with van der Waals surface area (Å²) in [4.78, 5) is 28.5. The Labute approximate surface area is 174 Å². The number of Topliss-reactive ketones (excluding diaryl/α,β-unsaturated/α-hetero) is 1. The number of ketones is 1. The zero-order valence-electron chi connectivity index (χ0n) is 16.8. The number of rotatable bonds is 6. The van der Waals surface area contributed by atoms with E-state index in [1.54, 1.807) is 37.5 Å². The number of carbonyl (C=O) groups is 2. The average Bonchev–Trinajstić information content (AvgIpc) is 3.32. The maximum atomic E-state index is 12.7. The van der Waals surface area contributed by atoms with Gasteiger partial charge in [0, 0.05) is 23.6 Å². The smallest absolute Gasteiger partial charge is 0.230 e. The van der Waals surface area contributed by atoms with Crippen LogP contribution in [0.2, 0.25) is 0 Å². The molecule has 1 aromatic heterocycles. The van der Waals surface area contributed by atoms with Crippen LogP contribution in [-0.4, -0.2) is 35.4 Å². The molecule has 1 atom stereocenters. The summed E-state index contributed by atoms with van der Waals surface area (Å²) in [5, 5.41) is 13.4. The fourth-order valence-corrected chi connectivity index (χ4v) is 3.88. The minimum atomic E-state index is -0.628. The van der Waals surface area contributed by atoms with Crippen LogP contribution in [0.5, 0.6) is 11.5 Å². The summed E-state index contributed by atoms with van der Waals surface area (Å²) in [7, 11) is 1.64. The van der Waals surface area contributed by atoms with Gasteiger partial charge in [0.2, 0.25) is 5.91 Å².